The van der Waals surface area contributed by atoms with Gasteiger partial charge in [0, 0.05) is 6.42 Å². The number of benzene rings is 1. The van der Waals surface area contributed by atoms with Crippen molar-refractivity contribution in [2.24, 2.45) is 4.99 Å². The van der Waals surface area contributed by atoms with Crippen LogP contribution in [0.2, 0.25) is 0 Å². The Bertz CT molecular complexity index is 475. The fraction of sp³-hybridized carbons (Fsp3) is 0.500. The highest BCUT2D eigenvalue weighted by Gasteiger charge is 2.32. The van der Waals surface area contributed by atoms with Crippen molar-refractivity contribution in [2.45, 2.75) is 45.3 Å². The third-order valence-electron chi connectivity index (χ3n) is 3.09. The van der Waals surface area contributed by atoms with Gasteiger partial charge in [-0.3, -0.25) is 0 Å². The van der Waals surface area contributed by atoms with Crippen molar-refractivity contribution >= 4 is 20.6 Å². The zero-order chi connectivity index (χ0) is 13.2. The molecule has 1 atom stereocenters. The largest absolute Gasteiger partial charge is 0.463 e. The first-order valence-corrected chi connectivity index (χ1v) is 7.08. The van der Waals surface area contributed by atoms with Crippen molar-refractivity contribution in [3.05, 3.63) is 29.6 Å². The predicted octanol–water partition coefficient (Wildman–Crippen LogP) is 4.66. The summed E-state index contributed by atoms with van der Waals surface area (Å²) in [4.78, 5) is 4.51. The normalized spacial score (nSPS) is 22.1. The van der Waals surface area contributed by atoms with Crippen LogP contribution in [0.3, 0.4) is 0 Å². The van der Waals surface area contributed by atoms with E-state index in [1.807, 2.05) is 6.92 Å². The second kappa shape index (κ2) is 5.39. The van der Waals surface area contributed by atoms with E-state index in [0.717, 1.165) is 25.7 Å². The summed E-state index contributed by atoms with van der Waals surface area (Å²) in [6, 6.07) is 4.88. The van der Waals surface area contributed by atoms with Gasteiger partial charge in [-0.15, -0.1) is 0 Å². The molecule has 1 heterocycles. The molecule has 1 aromatic carbocycles. The van der Waals surface area contributed by atoms with E-state index in [2.05, 4.69) is 27.8 Å². The number of nitrogens with zero attached hydrogens (tertiary/aromatic N) is 1. The number of aliphatic imine (C=N–C) groups is 1. The summed E-state index contributed by atoms with van der Waals surface area (Å²) in [6.07, 6.45) is 4.10. The second-order valence-corrected chi connectivity index (χ2v) is 5.50. The van der Waals surface area contributed by atoms with Crippen LogP contribution in [0, 0.1) is 5.82 Å². The van der Waals surface area contributed by atoms with E-state index >= 15 is 0 Å². The lowest BCUT2D eigenvalue weighted by atomic mass is 10.0. The van der Waals surface area contributed by atoms with Crippen molar-refractivity contribution < 1.29 is 9.13 Å². The van der Waals surface area contributed by atoms with Crippen LogP contribution in [0.4, 0.5) is 4.39 Å². The van der Waals surface area contributed by atoms with E-state index in [1.165, 1.54) is 6.07 Å². The molecular formula is C14H17BrFNO. The molecule has 2 nitrogen and oxygen atoms in total. The van der Waals surface area contributed by atoms with Gasteiger partial charge in [0.2, 0.25) is 0 Å². The van der Waals surface area contributed by atoms with E-state index in [-0.39, 0.29) is 5.82 Å². The van der Waals surface area contributed by atoms with Gasteiger partial charge in [-0.2, -0.15) is 0 Å². The Morgan fingerprint density at radius 1 is 1.39 bits per heavy atom. The van der Waals surface area contributed by atoms with Gasteiger partial charge in [0.1, 0.15) is 4.62 Å². The van der Waals surface area contributed by atoms with Gasteiger partial charge in [0.25, 0.3) is 0 Å². The Balaban J connectivity index is 2.25. The minimum Gasteiger partial charge on any atom is -0.463 e. The highest BCUT2D eigenvalue weighted by molar-refractivity contribution is 9.18. The number of fused-ring (bicyclic) bond motifs is 1. The molecule has 1 aromatic rings. The average Bonchev–Trinajstić information content (AvgIpc) is 2.31. The molecule has 0 N–H and O–H groups in total. The van der Waals surface area contributed by atoms with Crippen LogP contribution in [0.5, 0.6) is 5.75 Å². The Kier molecular flexibility index (Phi) is 4.05. The highest BCUT2D eigenvalue weighted by atomic mass is 79.9. The Morgan fingerprint density at radius 2 is 2.17 bits per heavy atom. The van der Waals surface area contributed by atoms with Crippen molar-refractivity contribution in [1.29, 1.82) is 0 Å². The maximum absolute atomic E-state index is 13.8. The van der Waals surface area contributed by atoms with Crippen molar-refractivity contribution in [2.75, 3.05) is 0 Å². The number of unbranched alkanes of at least 4 members (excludes halogenated alkanes) is 2. The van der Waals surface area contributed by atoms with E-state index in [4.69, 9.17) is 4.74 Å². The molecule has 4 heteroatoms. The summed E-state index contributed by atoms with van der Waals surface area (Å²) >= 11 is 3.41. The number of para-hydroxylation sites is 1. The first-order chi connectivity index (χ1) is 8.56. The molecule has 1 unspecified atom stereocenters. The molecule has 2 rings (SSSR count). The predicted molar refractivity (Wildman–Crippen MR) is 75.0 cm³/mol. The lowest BCUT2D eigenvalue weighted by Gasteiger charge is -2.32. The van der Waals surface area contributed by atoms with Crippen LogP contribution in [-0.2, 0) is 0 Å². The molecule has 98 valence electrons. The summed E-state index contributed by atoms with van der Waals surface area (Å²) in [5.41, 5.74) is 0.0198. The van der Waals surface area contributed by atoms with Gasteiger partial charge >= 0.3 is 0 Å². The molecule has 0 spiro atoms. The Hall–Kier alpha value is -0.900. The van der Waals surface area contributed by atoms with E-state index < -0.39 is 5.72 Å². The van der Waals surface area contributed by atoms with Crippen LogP contribution in [0.1, 0.15) is 45.1 Å². The molecule has 0 saturated carbocycles. The summed E-state index contributed by atoms with van der Waals surface area (Å²) < 4.78 is 20.2. The van der Waals surface area contributed by atoms with Gasteiger partial charge in [0.15, 0.2) is 17.3 Å². The number of ether oxygens (including phenoxy) is 1. The Morgan fingerprint density at radius 3 is 2.89 bits per heavy atom. The Labute approximate surface area is 115 Å². The van der Waals surface area contributed by atoms with E-state index in [0.29, 0.717) is 15.9 Å². The molecule has 0 aliphatic carbocycles. The molecule has 0 aromatic heterocycles. The lowest BCUT2D eigenvalue weighted by molar-refractivity contribution is 0.0772. The van der Waals surface area contributed by atoms with Crippen molar-refractivity contribution in [1.82, 2.24) is 0 Å². The fourth-order valence-corrected chi connectivity index (χ4v) is 2.78. The number of halogens is 2. The first kappa shape index (κ1) is 13.5. The molecule has 0 bridgehead atoms. The van der Waals surface area contributed by atoms with Gasteiger partial charge in [-0.05, 0) is 41.4 Å². The third kappa shape index (κ3) is 2.74. The number of hydrogen-bond acceptors (Lipinski definition) is 2. The molecular weight excluding hydrogens is 297 g/mol. The minimum absolute atomic E-state index is 0.304. The summed E-state index contributed by atoms with van der Waals surface area (Å²) in [5.74, 6) is -0.0283. The monoisotopic (exact) mass is 313 g/mol. The van der Waals surface area contributed by atoms with Crippen LogP contribution < -0.4 is 4.74 Å². The zero-order valence-corrected chi connectivity index (χ0v) is 12.3. The van der Waals surface area contributed by atoms with Crippen LogP contribution in [0.15, 0.2) is 23.2 Å². The standard InChI is InChI=1S/C14H17BrFNO/c1-3-4-5-9-14(2)17-13(15)10-7-6-8-11(16)12(10)18-14/h6-8H,3-5,9H2,1-2H3. The molecule has 0 amide bonds. The minimum atomic E-state index is -0.663. The number of hydrogen-bond donors (Lipinski definition) is 0. The summed E-state index contributed by atoms with van der Waals surface area (Å²) in [7, 11) is 0. The topological polar surface area (TPSA) is 21.6 Å². The van der Waals surface area contributed by atoms with Crippen molar-refractivity contribution in [3.63, 3.8) is 0 Å². The van der Waals surface area contributed by atoms with E-state index in [9.17, 15) is 4.39 Å². The molecule has 1 aliphatic heterocycles. The smallest absolute Gasteiger partial charge is 0.198 e. The van der Waals surface area contributed by atoms with Gasteiger partial charge in [-0.1, -0.05) is 25.8 Å². The molecule has 0 saturated heterocycles. The van der Waals surface area contributed by atoms with Gasteiger partial charge in [-0.25, -0.2) is 9.38 Å². The number of rotatable bonds is 4. The van der Waals surface area contributed by atoms with Gasteiger partial charge in [0.05, 0.1) is 5.56 Å². The quantitative estimate of drug-likeness (QED) is 0.741. The lowest BCUT2D eigenvalue weighted by Crippen LogP contribution is -2.34. The molecule has 0 radical (unpaired) electrons. The van der Waals surface area contributed by atoms with Crippen LogP contribution >= 0.6 is 15.9 Å². The maximum Gasteiger partial charge on any atom is 0.198 e. The first-order valence-electron chi connectivity index (χ1n) is 6.29. The maximum atomic E-state index is 13.8. The fourth-order valence-electron chi connectivity index (χ4n) is 2.10. The molecule has 18 heavy (non-hydrogen) atoms. The van der Waals surface area contributed by atoms with Crippen LogP contribution in [0.25, 0.3) is 0 Å². The highest BCUT2D eigenvalue weighted by Crippen LogP contribution is 2.36. The summed E-state index contributed by atoms with van der Waals surface area (Å²) in [6.45, 7) is 4.05. The second-order valence-electron chi connectivity index (χ2n) is 4.75. The zero-order valence-electron chi connectivity index (χ0n) is 10.7. The molecule has 0 fully saturated rings. The van der Waals surface area contributed by atoms with Crippen molar-refractivity contribution in [3.8, 4) is 5.75 Å². The van der Waals surface area contributed by atoms with Crippen LogP contribution in [-0.4, -0.2) is 10.3 Å². The third-order valence-corrected chi connectivity index (χ3v) is 3.69. The van der Waals surface area contributed by atoms with Gasteiger partial charge < -0.3 is 4.74 Å². The van der Waals surface area contributed by atoms with E-state index in [1.54, 1.807) is 12.1 Å². The summed E-state index contributed by atoms with van der Waals surface area (Å²) in [5, 5.41) is 0. The molecule has 1 aliphatic rings. The average molecular weight is 314 g/mol. The SMILES string of the molecule is CCCCCC1(C)N=C(Br)c2cccc(F)c2O1.